The van der Waals surface area contributed by atoms with Crippen molar-refractivity contribution in [2.45, 2.75) is 157 Å². The second kappa shape index (κ2) is 26.2. The molecular weight excluding hydrogens is 1100 g/mol. The van der Waals surface area contributed by atoms with E-state index in [4.69, 9.17) is 56.2 Å². The third-order valence-electron chi connectivity index (χ3n) is 15.5. The van der Waals surface area contributed by atoms with Crippen molar-refractivity contribution in [3.63, 3.8) is 0 Å². The Labute approximate surface area is 497 Å². The summed E-state index contributed by atoms with van der Waals surface area (Å²) in [5, 5.41) is 0.538. The third kappa shape index (κ3) is 13.5. The molecule has 6 aromatic rings. The van der Waals surface area contributed by atoms with Crippen molar-refractivity contribution < 1.29 is 75.4 Å². The average molecular weight is 1190 g/mol. The van der Waals surface area contributed by atoms with Crippen LogP contribution in [0.4, 0.5) is 0 Å². The molecule has 0 fully saturated rings. The van der Waals surface area contributed by atoms with E-state index < -0.39 is 75.0 Å². The predicted molar refractivity (Wildman–Crippen MR) is 333 cm³/mol. The number of rotatable bonds is 23. The smallest absolute Gasteiger partial charge is 0.345 e. The quantitative estimate of drug-likeness (QED) is 0.0336. The minimum atomic E-state index is -2.93. The summed E-state index contributed by atoms with van der Waals surface area (Å²) in [6.45, 7) is 31.8. The minimum absolute atomic E-state index is 0.00979. The Kier molecular flexibility index (Phi) is 20.5. The Bertz CT molecular complexity index is 3170. The van der Waals surface area contributed by atoms with Gasteiger partial charge in [-0.1, -0.05) is 77.9 Å². The molecule has 16 nitrogen and oxygen atoms in total. The largest absolute Gasteiger partial charge is 0.541 e. The van der Waals surface area contributed by atoms with Crippen LogP contribution in [0.3, 0.4) is 0 Å². The van der Waals surface area contributed by atoms with E-state index in [1.54, 1.807) is 62.4 Å². The van der Waals surface area contributed by atoms with Crippen LogP contribution in [0.15, 0.2) is 72.8 Å². The summed E-state index contributed by atoms with van der Waals surface area (Å²) < 4.78 is 78.6. The molecule has 0 bridgehead atoms. The maximum atomic E-state index is 15.1. The first kappa shape index (κ1) is 65.7. The van der Waals surface area contributed by atoms with Gasteiger partial charge in [-0.05, 0) is 114 Å². The molecule has 0 saturated heterocycles. The molecule has 0 aliphatic rings. The Morgan fingerprint density at radius 2 is 0.738 bits per heavy atom. The van der Waals surface area contributed by atoms with Crippen molar-refractivity contribution in [1.29, 1.82) is 0 Å². The fourth-order valence-electron chi connectivity index (χ4n) is 9.48. The molecular formula is C66H86O16Si2. The van der Waals surface area contributed by atoms with Crippen LogP contribution in [0.5, 0.6) is 46.0 Å². The zero-order chi connectivity index (χ0) is 62.6. The summed E-state index contributed by atoms with van der Waals surface area (Å²) in [5.74, 6) is -1.62. The number of benzene rings is 6. The van der Waals surface area contributed by atoms with Crippen molar-refractivity contribution in [3.8, 4) is 57.1 Å². The number of fused-ring (bicyclic) bond motifs is 2. The maximum absolute atomic E-state index is 15.1. The number of carbonyl (C=O) groups excluding carboxylic acids is 4. The van der Waals surface area contributed by atoms with Gasteiger partial charge < -0.3 is 56.2 Å². The van der Waals surface area contributed by atoms with Crippen molar-refractivity contribution in [1.82, 2.24) is 0 Å². The molecule has 0 radical (unpaired) electrons. The number of esters is 4. The molecule has 84 heavy (non-hydrogen) atoms. The van der Waals surface area contributed by atoms with Gasteiger partial charge in [-0.3, -0.25) is 0 Å². The summed E-state index contributed by atoms with van der Waals surface area (Å²) in [6, 6.07) is 21.2. The minimum Gasteiger partial charge on any atom is -0.541 e. The van der Waals surface area contributed by atoms with Gasteiger partial charge in [0.25, 0.3) is 16.6 Å². The normalized spacial score (nSPS) is 12.8. The summed E-state index contributed by atoms with van der Waals surface area (Å²) >= 11 is 0. The fourth-order valence-corrected chi connectivity index (χ4v) is 11.5. The van der Waals surface area contributed by atoms with Gasteiger partial charge in [0.05, 0.1) is 76.8 Å². The molecule has 0 heterocycles. The Balaban J connectivity index is 2.03. The van der Waals surface area contributed by atoms with Gasteiger partial charge in [-0.2, -0.15) is 0 Å². The molecule has 454 valence electrons. The van der Waals surface area contributed by atoms with E-state index >= 15 is 9.59 Å². The molecule has 0 aromatic heterocycles. The van der Waals surface area contributed by atoms with Crippen molar-refractivity contribution in [2.24, 2.45) is 0 Å². The molecule has 0 unspecified atom stereocenters. The number of hydrogen-bond acceptors (Lipinski definition) is 16. The van der Waals surface area contributed by atoms with E-state index in [0.29, 0.717) is 33.0 Å². The van der Waals surface area contributed by atoms with Crippen LogP contribution in [0, 0.1) is 0 Å². The first-order valence-electron chi connectivity index (χ1n) is 28.3. The van der Waals surface area contributed by atoms with Gasteiger partial charge in [0.15, 0.2) is 23.0 Å². The van der Waals surface area contributed by atoms with Crippen molar-refractivity contribution >= 4 is 62.1 Å². The van der Waals surface area contributed by atoms with Crippen LogP contribution in [-0.4, -0.2) is 108 Å². The van der Waals surface area contributed by atoms with Crippen molar-refractivity contribution in [3.05, 3.63) is 106 Å². The molecule has 0 amide bonds. The molecule has 0 saturated carbocycles. The zero-order valence-corrected chi connectivity index (χ0v) is 55.2. The highest BCUT2D eigenvalue weighted by molar-refractivity contribution is 6.75. The van der Waals surface area contributed by atoms with Crippen LogP contribution in [-0.2, 0) is 31.8 Å². The van der Waals surface area contributed by atoms with Gasteiger partial charge in [0.2, 0.25) is 0 Å². The summed E-state index contributed by atoms with van der Waals surface area (Å²) in [7, 11) is 2.61. The second-order valence-electron chi connectivity index (χ2n) is 24.5. The van der Waals surface area contributed by atoms with Crippen LogP contribution < -0.4 is 37.3 Å². The highest BCUT2D eigenvalue weighted by Crippen LogP contribution is 2.61. The van der Waals surface area contributed by atoms with E-state index in [2.05, 4.69) is 67.7 Å². The Morgan fingerprint density at radius 3 is 1.00 bits per heavy atom. The van der Waals surface area contributed by atoms with Crippen LogP contribution >= 0.6 is 0 Å². The lowest BCUT2D eigenvalue weighted by atomic mass is 9.84. The monoisotopic (exact) mass is 1190 g/mol. The van der Waals surface area contributed by atoms with Crippen LogP contribution in [0.25, 0.3) is 32.7 Å². The molecule has 0 aliphatic heterocycles. The molecule has 0 N–H and O–H groups in total. The molecule has 2 atom stereocenters. The first-order chi connectivity index (χ1) is 39.3. The molecule has 0 aliphatic carbocycles. The lowest BCUT2D eigenvalue weighted by Gasteiger charge is -2.38. The highest BCUT2D eigenvalue weighted by atomic mass is 28.4. The molecule has 0 spiro atoms. The summed E-state index contributed by atoms with van der Waals surface area (Å²) in [6.07, 6.45) is -2.59. The predicted octanol–water partition coefficient (Wildman–Crippen LogP) is 15.2. The van der Waals surface area contributed by atoms with E-state index in [1.807, 2.05) is 52.0 Å². The van der Waals surface area contributed by atoms with Crippen LogP contribution in [0.2, 0.25) is 36.3 Å². The lowest BCUT2D eigenvalue weighted by Crippen LogP contribution is -2.44. The van der Waals surface area contributed by atoms with E-state index in [9.17, 15) is 9.59 Å². The lowest BCUT2D eigenvalue weighted by molar-refractivity contribution is 0.0331. The topological polar surface area (TPSA) is 179 Å². The molecule has 6 aromatic carbocycles. The van der Waals surface area contributed by atoms with Gasteiger partial charge >= 0.3 is 23.9 Å². The fraction of sp³-hybridized carbons (Fsp3) is 0.455. The van der Waals surface area contributed by atoms with Crippen LogP contribution in [0.1, 0.15) is 136 Å². The number of hydrogen-bond donors (Lipinski definition) is 0. The van der Waals surface area contributed by atoms with Gasteiger partial charge in [-0.25, -0.2) is 19.2 Å². The first-order valence-corrected chi connectivity index (χ1v) is 34.1. The van der Waals surface area contributed by atoms with E-state index in [1.165, 1.54) is 42.7 Å². The third-order valence-corrected chi connectivity index (χ3v) is 24.2. The van der Waals surface area contributed by atoms with E-state index in [-0.39, 0.29) is 91.9 Å². The molecule has 6 rings (SSSR count). The SMILES string of the molecule is COC(=O)c1c(OC(C)C)c(-c2c(OC(C)C)c(C(=O)OC)c(OC)c3c(O[Si](C)(C)C(C)(C)C)c(OC)c(C[C@@H](C)OC(=O)c4ccccc4)cc23)c2cc(C[C@@H](C)OC(=O)c3ccccc3)c(OC)c(O[Si](C)(C)C(C)(C)C)c2c1OC. The Morgan fingerprint density at radius 1 is 0.429 bits per heavy atom. The highest BCUT2D eigenvalue weighted by Gasteiger charge is 2.45. The summed E-state index contributed by atoms with van der Waals surface area (Å²) in [5.41, 5.74) is 2.02. The average Bonchev–Trinajstić information content (AvgIpc) is 0.748. The Hall–Kier alpha value is -7.45. The molecule has 18 heteroatoms. The van der Waals surface area contributed by atoms with E-state index in [0.717, 1.165) is 0 Å². The second-order valence-corrected chi connectivity index (χ2v) is 33.9. The number of carbonyl (C=O) groups is 4. The maximum Gasteiger partial charge on any atom is 0.345 e. The van der Waals surface area contributed by atoms with Crippen molar-refractivity contribution in [2.75, 3.05) is 42.7 Å². The van der Waals surface area contributed by atoms with Gasteiger partial charge in [0.1, 0.15) is 46.3 Å². The number of ether oxygens (including phenoxy) is 10. The van der Waals surface area contributed by atoms with Gasteiger partial charge in [-0.15, -0.1) is 0 Å². The standard InChI is InChI=1S/C66H86O16Si2/c1-37(2)77-57-47(45-35-43(33-39(5)79-61(67)41-29-25-23-26-30-41)53(71-13)59(81-83(19,20)65(7,8)9)49(45)55(73-15)51(57)63(69)75-17)48-46-36-44(34-40(6)80-62(68)42-31-27-24-28-32-42)54(72-14)60(82-84(21,22)66(10,11)12)50(46)56(74-16)52(64(70)76-18)58(48)78-38(3)4/h23-32,35-40H,33-34H2,1-22H3/t39-,40-/m1/s1. The zero-order valence-electron chi connectivity index (χ0n) is 53.2. The number of methoxy groups -OCH3 is 6. The summed E-state index contributed by atoms with van der Waals surface area (Å²) in [4.78, 5) is 57.7. The van der Waals surface area contributed by atoms with Gasteiger partial charge in [0, 0.05) is 45.9 Å².